The molecule has 7 nitrogen and oxygen atoms in total. The molecule has 0 saturated heterocycles. The van der Waals surface area contributed by atoms with E-state index < -0.39 is 34.7 Å². The quantitative estimate of drug-likeness (QED) is 0.607. The monoisotopic (exact) mass is 465 g/mol. The van der Waals surface area contributed by atoms with Crippen LogP contribution < -0.4 is 11.1 Å². The Balaban J connectivity index is 1.85. The first-order valence-corrected chi connectivity index (χ1v) is 9.34. The van der Waals surface area contributed by atoms with Crippen LogP contribution in [0.15, 0.2) is 38.3 Å². The first-order chi connectivity index (χ1) is 13.8. The molecule has 0 radical (unpaired) electrons. The van der Waals surface area contributed by atoms with Crippen LogP contribution in [0, 0.1) is 11.6 Å². The number of likely N-dealkylation sites (N-methyl/N-ethyl adjacent to an activating group) is 1. The Hall–Kier alpha value is -2.85. The van der Waals surface area contributed by atoms with Crippen molar-refractivity contribution in [2.45, 2.75) is 12.6 Å². The number of nitrogens with zero attached hydrogens (tertiary/aromatic N) is 1. The Kier molecular flexibility index (Phi) is 4.83. The first-order valence-electron chi connectivity index (χ1n) is 8.55. The minimum absolute atomic E-state index is 0.0209. The number of aromatic amines is 2. The number of rotatable bonds is 2. The molecule has 0 fully saturated rings. The zero-order valence-electron chi connectivity index (χ0n) is 15.0. The van der Waals surface area contributed by atoms with Gasteiger partial charge >= 0.3 is 0 Å². The van der Waals surface area contributed by atoms with E-state index in [9.17, 15) is 23.2 Å². The molecule has 150 valence electrons. The second kappa shape index (κ2) is 7.20. The fourth-order valence-corrected chi connectivity index (χ4v) is 3.69. The molecule has 4 rings (SSSR count). The van der Waals surface area contributed by atoms with Crippen molar-refractivity contribution in [1.29, 1.82) is 0 Å². The third-order valence-corrected chi connectivity index (χ3v) is 5.54. The number of amides is 1. The standard InChI is InChI=1S/C19H14BrF2N3O4/c1-25(19(28)13-3-2-10(20)18(27)23-13)15-7-29-6-14-16(15)8-4-11(21)12(22)5-9(8)17(26)24-14/h2-5,15H,6-7H2,1H3,(H,23,27)(H,24,26). The molecule has 1 amide bonds. The molecule has 10 heteroatoms. The molecule has 3 heterocycles. The molecule has 2 N–H and O–H groups in total. The van der Waals surface area contributed by atoms with E-state index in [1.165, 1.54) is 24.1 Å². The summed E-state index contributed by atoms with van der Waals surface area (Å²) in [5.74, 6) is -2.73. The summed E-state index contributed by atoms with van der Waals surface area (Å²) < 4.78 is 33.4. The molecule has 1 aromatic carbocycles. The van der Waals surface area contributed by atoms with Crippen LogP contribution >= 0.6 is 15.9 Å². The van der Waals surface area contributed by atoms with Crippen molar-refractivity contribution in [1.82, 2.24) is 14.9 Å². The van der Waals surface area contributed by atoms with E-state index in [0.717, 1.165) is 12.1 Å². The zero-order chi connectivity index (χ0) is 20.9. The molecular weight excluding hydrogens is 452 g/mol. The molecule has 0 bridgehead atoms. The summed E-state index contributed by atoms with van der Waals surface area (Å²) in [6.07, 6.45) is 0. The van der Waals surface area contributed by atoms with Crippen LogP contribution in [0.5, 0.6) is 0 Å². The third kappa shape index (κ3) is 3.28. The maximum atomic E-state index is 13.9. The SMILES string of the molecule is CN(C(=O)c1ccc(Br)c(=O)[nH]1)C1COCc2[nH]c(=O)c3cc(F)c(F)cc3c21. The van der Waals surface area contributed by atoms with Crippen molar-refractivity contribution in [2.24, 2.45) is 0 Å². The highest BCUT2D eigenvalue weighted by atomic mass is 79.9. The van der Waals surface area contributed by atoms with Crippen LogP contribution in [0.3, 0.4) is 0 Å². The molecule has 1 aliphatic rings. The van der Waals surface area contributed by atoms with Gasteiger partial charge in [0.2, 0.25) is 0 Å². The molecule has 2 aromatic heterocycles. The molecule has 1 aliphatic heterocycles. The fourth-order valence-electron chi connectivity index (χ4n) is 3.46. The second-order valence-electron chi connectivity index (χ2n) is 6.65. The summed E-state index contributed by atoms with van der Waals surface area (Å²) in [6, 6.07) is 4.01. The predicted molar refractivity (Wildman–Crippen MR) is 104 cm³/mol. The van der Waals surface area contributed by atoms with E-state index >= 15 is 0 Å². The molecule has 0 saturated carbocycles. The van der Waals surface area contributed by atoms with E-state index in [4.69, 9.17) is 4.74 Å². The Morgan fingerprint density at radius 3 is 2.52 bits per heavy atom. The van der Waals surface area contributed by atoms with E-state index in [1.807, 2.05) is 0 Å². The lowest BCUT2D eigenvalue weighted by Crippen LogP contribution is -2.38. The number of pyridine rings is 2. The largest absolute Gasteiger partial charge is 0.373 e. The summed E-state index contributed by atoms with van der Waals surface area (Å²) in [6.45, 7) is 0.142. The number of benzene rings is 1. The van der Waals surface area contributed by atoms with Gasteiger partial charge in [-0.2, -0.15) is 0 Å². The molecule has 0 aliphatic carbocycles. The molecule has 29 heavy (non-hydrogen) atoms. The highest BCUT2D eigenvalue weighted by molar-refractivity contribution is 9.10. The summed E-state index contributed by atoms with van der Waals surface area (Å²) in [7, 11) is 1.50. The predicted octanol–water partition coefficient (Wildman–Crippen LogP) is 2.60. The van der Waals surface area contributed by atoms with Gasteiger partial charge in [-0.25, -0.2) is 8.78 Å². The maximum Gasteiger partial charge on any atom is 0.270 e. The van der Waals surface area contributed by atoms with Crippen LogP contribution in [0.1, 0.15) is 27.8 Å². The number of carbonyl (C=O) groups is 1. The van der Waals surface area contributed by atoms with Gasteiger partial charge in [0.25, 0.3) is 17.0 Å². The third-order valence-electron chi connectivity index (χ3n) is 4.92. The Morgan fingerprint density at radius 2 is 1.83 bits per heavy atom. The summed E-state index contributed by atoms with van der Waals surface area (Å²) in [4.78, 5) is 43.5. The molecule has 0 spiro atoms. The number of fused-ring (bicyclic) bond motifs is 3. The van der Waals surface area contributed by atoms with Gasteiger partial charge in [-0.15, -0.1) is 0 Å². The minimum Gasteiger partial charge on any atom is -0.373 e. The van der Waals surface area contributed by atoms with E-state index in [-0.39, 0.29) is 34.2 Å². The van der Waals surface area contributed by atoms with Gasteiger partial charge in [0, 0.05) is 18.3 Å². The van der Waals surface area contributed by atoms with Gasteiger partial charge in [-0.05, 0) is 45.6 Å². The molecular formula is C19H14BrF2N3O4. The zero-order valence-corrected chi connectivity index (χ0v) is 16.6. The highest BCUT2D eigenvalue weighted by Crippen LogP contribution is 2.34. The van der Waals surface area contributed by atoms with Gasteiger partial charge < -0.3 is 19.6 Å². The van der Waals surface area contributed by atoms with Crippen molar-refractivity contribution in [3.8, 4) is 0 Å². The molecule has 1 unspecified atom stereocenters. The number of H-pyrrole nitrogens is 2. The van der Waals surface area contributed by atoms with Crippen molar-refractivity contribution in [3.05, 3.63) is 78.0 Å². The molecule has 3 aromatic rings. The summed E-state index contributed by atoms with van der Waals surface area (Å²) in [5, 5.41) is 0.187. The lowest BCUT2D eigenvalue weighted by molar-refractivity contribution is 0.0332. The fraction of sp³-hybridized carbons (Fsp3) is 0.211. The number of nitrogens with one attached hydrogen (secondary N) is 2. The number of carbonyl (C=O) groups excluding carboxylic acids is 1. The van der Waals surface area contributed by atoms with E-state index in [1.54, 1.807) is 0 Å². The van der Waals surface area contributed by atoms with Crippen LogP contribution in [-0.4, -0.2) is 34.4 Å². The van der Waals surface area contributed by atoms with E-state index in [2.05, 4.69) is 25.9 Å². The van der Waals surface area contributed by atoms with Crippen molar-refractivity contribution in [3.63, 3.8) is 0 Å². The van der Waals surface area contributed by atoms with Crippen molar-refractivity contribution < 1.29 is 18.3 Å². The van der Waals surface area contributed by atoms with Crippen LogP contribution in [0.4, 0.5) is 8.78 Å². The average molecular weight is 466 g/mol. The minimum atomic E-state index is -1.14. The highest BCUT2D eigenvalue weighted by Gasteiger charge is 2.31. The smallest absolute Gasteiger partial charge is 0.270 e. The van der Waals surface area contributed by atoms with Crippen LogP contribution in [-0.2, 0) is 11.3 Å². The number of ether oxygens (including phenoxy) is 1. The van der Waals surface area contributed by atoms with Crippen molar-refractivity contribution in [2.75, 3.05) is 13.7 Å². The van der Waals surface area contributed by atoms with Gasteiger partial charge in [0.1, 0.15) is 5.69 Å². The second-order valence-corrected chi connectivity index (χ2v) is 7.51. The lowest BCUT2D eigenvalue weighted by atomic mass is 9.95. The van der Waals surface area contributed by atoms with Gasteiger partial charge in [-0.3, -0.25) is 14.4 Å². The van der Waals surface area contributed by atoms with Gasteiger partial charge in [0.05, 0.1) is 29.1 Å². The van der Waals surface area contributed by atoms with Crippen LogP contribution in [0.2, 0.25) is 0 Å². The number of halogens is 3. The average Bonchev–Trinajstić information content (AvgIpc) is 2.70. The number of hydrogen-bond acceptors (Lipinski definition) is 4. The lowest BCUT2D eigenvalue weighted by Gasteiger charge is -2.33. The number of hydrogen-bond donors (Lipinski definition) is 2. The molecule has 1 atom stereocenters. The Morgan fingerprint density at radius 1 is 1.14 bits per heavy atom. The summed E-state index contributed by atoms with van der Waals surface area (Å²) in [5.41, 5.74) is -0.127. The maximum absolute atomic E-state index is 13.9. The normalized spacial score (nSPS) is 15.9. The van der Waals surface area contributed by atoms with Crippen molar-refractivity contribution >= 4 is 32.6 Å². The Bertz CT molecular complexity index is 1270. The summed E-state index contributed by atoms with van der Waals surface area (Å²) >= 11 is 3.07. The topological polar surface area (TPSA) is 95.3 Å². The van der Waals surface area contributed by atoms with Gasteiger partial charge in [0.15, 0.2) is 11.6 Å². The Labute approximate surface area is 170 Å². The first kappa shape index (κ1) is 19.5. The van der Waals surface area contributed by atoms with E-state index in [0.29, 0.717) is 11.3 Å². The number of aromatic nitrogens is 2. The van der Waals surface area contributed by atoms with Gasteiger partial charge in [-0.1, -0.05) is 0 Å². The van der Waals surface area contributed by atoms with Crippen LogP contribution in [0.25, 0.3) is 10.8 Å².